The molecular weight excluding hydrogens is 220 g/mol. The van der Waals surface area contributed by atoms with Gasteiger partial charge >= 0.3 is 12.0 Å². The minimum atomic E-state index is -0.880. The molecule has 0 rings (SSSR count). The molecule has 2 amide bonds. The van der Waals surface area contributed by atoms with Gasteiger partial charge in [-0.25, -0.2) is 4.79 Å². The predicted octanol–water partition coefficient (Wildman–Crippen LogP) is 2.12. The van der Waals surface area contributed by atoms with Crippen molar-refractivity contribution in [3.05, 3.63) is 0 Å². The van der Waals surface area contributed by atoms with Crippen LogP contribution in [0.1, 0.15) is 52.4 Å². The topological polar surface area (TPSA) is 78.4 Å². The third-order valence-electron chi connectivity index (χ3n) is 2.46. The van der Waals surface area contributed by atoms with Crippen LogP contribution >= 0.6 is 0 Å². The first-order chi connectivity index (χ1) is 8.10. The predicted molar refractivity (Wildman–Crippen MR) is 67.0 cm³/mol. The second-order valence-corrected chi connectivity index (χ2v) is 4.19. The highest BCUT2D eigenvalue weighted by atomic mass is 16.4. The molecule has 0 aliphatic carbocycles. The summed E-state index contributed by atoms with van der Waals surface area (Å²) in [6.07, 6.45) is 4.69. The highest BCUT2D eigenvalue weighted by Gasteiger charge is 2.14. The summed E-state index contributed by atoms with van der Waals surface area (Å²) in [5, 5.41) is 14.1. The van der Waals surface area contributed by atoms with Gasteiger partial charge in [-0.05, 0) is 12.8 Å². The van der Waals surface area contributed by atoms with Crippen LogP contribution in [0.25, 0.3) is 0 Å². The van der Waals surface area contributed by atoms with Gasteiger partial charge in [-0.15, -0.1) is 0 Å². The smallest absolute Gasteiger partial charge is 0.315 e. The summed E-state index contributed by atoms with van der Waals surface area (Å²) >= 11 is 0. The Kier molecular flexibility index (Phi) is 9.19. The Balaban J connectivity index is 3.82. The van der Waals surface area contributed by atoms with Crippen LogP contribution in [0.4, 0.5) is 4.79 Å². The molecule has 0 aromatic heterocycles. The Hall–Kier alpha value is -1.26. The van der Waals surface area contributed by atoms with Crippen LogP contribution in [0.5, 0.6) is 0 Å². The average molecular weight is 244 g/mol. The molecule has 0 spiro atoms. The fraction of sp³-hybridized carbons (Fsp3) is 0.833. The lowest BCUT2D eigenvalue weighted by molar-refractivity contribution is -0.137. The quantitative estimate of drug-likeness (QED) is 0.544. The molecule has 0 radical (unpaired) electrons. The fourth-order valence-electron chi connectivity index (χ4n) is 1.60. The van der Waals surface area contributed by atoms with E-state index in [0.29, 0.717) is 13.0 Å². The van der Waals surface area contributed by atoms with Crippen molar-refractivity contribution in [1.82, 2.24) is 10.6 Å². The molecule has 1 unspecified atom stereocenters. The molecule has 1 atom stereocenters. The molecule has 0 aliphatic heterocycles. The first kappa shape index (κ1) is 15.7. The standard InChI is InChI=1S/C12H24N2O3/c1-3-5-6-8-13-12(17)14-10(7-4-2)9-11(15)16/h10H,3-9H2,1-2H3,(H,15,16)(H2,13,14,17). The molecule has 17 heavy (non-hydrogen) atoms. The van der Waals surface area contributed by atoms with Crippen molar-refractivity contribution in [2.75, 3.05) is 6.54 Å². The number of carbonyl (C=O) groups is 2. The minimum Gasteiger partial charge on any atom is -0.481 e. The number of carbonyl (C=O) groups excluding carboxylic acids is 1. The average Bonchev–Trinajstić information content (AvgIpc) is 2.24. The number of carboxylic acid groups (broad SMARTS) is 1. The summed E-state index contributed by atoms with van der Waals surface area (Å²) < 4.78 is 0. The molecule has 0 saturated heterocycles. The van der Waals surface area contributed by atoms with Crippen LogP contribution in [0, 0.1) is 0 Å². The Morgan fingerprint density at radius 1 is 1.18 bits per heavy atom. The van der Waals surface area contributed by atoms with E-state index in [0.717, 1.165) is 25.7 Å². The number of urea groups is 1. The van der Waals surface area contributed by atoms with E-state index in [4.69, 9.17) is 5.11 Å². The van der Waals surface area contributed by atoms with E-state index >= 15 is 0 Å². The number of carboxylic acids is 1. The lowest BCUT2D eigenvalue weighted by Gasteiger charge is -2.16. The van der Waals surface area contributed by atoms with E-state index in [1.54, 1.807) is 0 Å². The number of amides is 2. The normalized spacial score (nSPS) is 11.9. The first-order valence-corrected chi connectivity index (χ1v) is 6.36. The second kappa shape index (κ2) is 9.93. The maximum absolute atomic E-state index is 11.5. The molecule has 0 aliphatic rings. The monoisotopic (exact) mass is 244 g/mol. The lowest BCUT2D eigenvalue weighted by atomic mass is 10.1. The lowest BCUT2D eigenvalue weighted by Crippen LogP contribution is -2.43. The Morgan fingerprint density at radius 2 is 1.88 bits per heavy atom. The maximum Gasteiger partial charge on any atom is 0.315 e. The Morgan fingerprint density at radius 3 is 2.41 bits per heavy atom. The van der Waals surface area contributed by atoms with Gasteiger partial charge in [0.1, 0.15) is 0 Å². The molecular formula is C12H24N2O3. The van der Waals surface area contributed by atoms with Crippen molar-refractivity contribution in [2.24, 2.45) is 0 Å². The van der Waals surface area contributed by atoms with Crippen molar-refractivity contribution in [2.45, 2.75) is 58.4 Å². The van der Waals surface area contributed by atoms with Crippen LogP contribution in [-0.2, 0) is 4.79 Å². The largest absolute Gasteiger partial charge is 0.481 e. The van der Waals surface area contributed by atoms with Gasteiger partial charge in [-0.2, -0.15) is 0 Å². The molecule has 0 saturated carbocycles. The van der Waals surface area contributed by atoms with Crippen molar-refractivity contribution in [3.63, 3.8) is 0 Å². The van der Waals surface area contributed by atoms with Crippen LogP contribution in [0.15, 0.2) is 0 Å². The zero-order valence-electron chi connectivity index (χ0n) is 10.8. The molecule has 0 bridgehead atoms. The SMILES string of the molecule is CCCCCNC(=O)NC(CCC)CC(=O)O. The molecule has 3 N–H and O–H groups in total. The highest BCUT2D eigenvalue weighted by molar-refractivity contribution is 5.75. The molecule has 0 heterocycles. The van der Waals surface area contributed by atoms with Gasteiger partial charge in [0.05, 0.1) is 6.42 Å². The van der Waals surface area contributed by atoms with Gasteiger partial charge in [0, 0.05) is 12.6 Å². The fourth-order valence-corrected chi connectivity index (χ4v) is 1.60. The molecule has 0 aromatic carbocycles. The number of rotatable bonds is 9. The summed E-state index contributed by atoms with van der Waals surface area (Å²) in [5.74, 6) is -0.880. The number of aliphatic carboxylic acids is 1. The number of hydrogen-bond acceptors (Lipinski definition) is 2. The van der Waals surface area contributed by atoms with E-state index in [1.807, 2.05) is 6.92 Å². The van der Waals surface area contributed by atoms with Gasteiger partial charge in [-0.1, -0.05) is 33.1 Å². The minimum absolute atomic E-state index is 0.0176. The number of hydrogen-bond donors (Lipinski definition) is 3. The third-order valence-corrected chi connectivity index (χ3v) is 2.46. The Bertz CT molecular complexity index is 232. The summed E-state index contributed by atoms with van der Waals surface area (Å²) in [7, 11) is 0. The summed E-state index contributed by atoms with van der Waals surface area (Å²) in [6, 6.07) is -0.538. The zero-order valence-corrected chi connectivity index (χ0v) is 10.8. The summed E-state index contributed by atoms with van der Waals surface area (Å²) in [6.45, 7) is 4.71. The van der Waals surface area contributed by atoms with Crippen LogP contribution in [-0.4, -0.2) is 29.7 Å². The van der Waals surface area contributed by atoms with E-state index in [9.17, 15) is 9.59 Å². The van der Waals surface area contributed by atoms with Gasteiger partial charge < -0.3 is 15.7 Å². The van der Waals surface area contributed by atoms with E-state index < -0.39 is 5.97 Å². The molecule has 0 aromatic rings. The summed E-state index contributed by atoms with van der Waals surface area (Å²) in [4.78, 5) is 22.1. The number of nitrogens with one attached hydrogen (secondary N) is 2. The van der Waals surface area contributed by atoms with Gasteiger partial charge in [0.15, 0.2) is 0 Å². The van der Waals surface area contributed by atoms with Crippen LogP contribution in [0.3, 0.4) is 0 Å². The third kappa shape index (κ3) is 9.66. The Labute approximate surface area is 103 Å². The number of unbranched alkanes of at least 4 members (excludes halogenated alkanes) is 2. The molecule has 0 fully saturated rings. The zero-order chi connectivity index (χ0) is 13.1. The van der Waals surface area contributed by atoms with Crippen LogP contribution < -0.4 is 10.6 Å². The van der Waals surface area contributed by atoms with Gasteiger partial charge in [-0.3, -0.25) is 4.79 Å². The second-order valence-electron chi connectivity index (χ2n) is 4.19. The van der Waals surface area contributed by atoms with E-state index in [1.165, 1.54) is 0 Å². The van der Waals surface area contributed by atoms with Crippen molar-refractivity contribution < 1.29 is 14.7 Å². The van der Waals surface area contributed by atoms with Crippen molar-refractivity contribution >= 4 is 12.0 Å². The van der Waals surface area contributed by atoms with Gasteiger partial charge in [0.25, 0.3) is 0 Å². The van der Waals surface area contributed by atoms with Gasteiger partial charge in [0.2, 0.25) is 0 Å². The molecule has 100 valence electrons. The van der Waals surface area contributed by atoms with E-state index in [2.05, 4.69) is 17.6 Å². The molecule has 5 nitrogen and oxygen atoms in total. The summed E-state index contributed by atoms with van der Waals surface area (Å²) in [5.41, 5.74) is 0. The maximum atomic E-state index is 11.5. The van der Waals surface area contributed by atoms with Crippen molar-refractivity contribution in [3.8, 4) is 0 Å². The van der Waals surface area contributed by atoms with Crippen molar-refractivity contribution in [1.29, 1.82) is 0 Å². The van der Waals surface area contributed by atoms with Crippen LogP contribution in [0.2, 0.25) is 0 Å². The van der Waals surface area contributed by atoms with E-state index in [-0.39, 0.29) is 18.5 Å². The first-order valence-electron chi connectivity index (χ1n) is 6.36. The molecule has 5 heteroatoms. The highest BCUT2D eigenvalue weighted by Crippen LogP contribution is 2.01.